The molecule has 2 N–H and O–H groups in total. The van der Waals surface area contributed by atoms with E-state index in [1.54, 1.807) is 30.9 Å². The predicted octanol–water partition coefficient (Wildman–Crippen LogP) is 5.11. The number of nitrogens with one attached hydrogen (secondary N) is 2. The first-order chi connectivity index (χ1) is 24.3. The number of rotatable bonds is 10. The molecule has 0 bridgehead atoms. The summed E-state index contributed by atoms with van der Waals surface area (Å²) < 4.78 is 57.4. The fraction of sp³-hybridized carbons (Fsp3) is 0.543. The first kappa shape index (κ1) is 36.3. The van der Waals surface area contributed by atoms with Gasteiger partial charge in [0.05, 0.1) is 34.5 Å². The number of halogens is 1. The third kappa shape index (κ3) is 7.55. The Labute approximate surface area is 309 Å². The summed E-state index contributed by atoms with van der Waals surface area (Å²) in [6.07, 6.45) is 5.98. The van der Waals surface area contributed by atoms with E-state index in [-0.39, 0.29) is 0 Å². The number of anilines is 5. The highest BCUT2D eigenvalue weighted by Gasteiger charge is 2.44. The molecule has 16 heteroatoms. The fourth-order valence-electron chi connectivity index (χ4n) is 7.98. The Morgan fingerprint density at radius 2 is 1.73 bits per heavy atom. The van der Waals surface area contributed by atoms with E-state index < -0.39 is 17.2 Å². The number of piperidine rings is 1. The zero-order valence-electron chi connectivity index (χ0n) is 29.8. The molecule has 0 aliphatic carbocycles. The molecule has 0 saturated carbocycles. The van der Waals surface area contributed by atoms with E-state index in [2.05, 4.69) is 60.4 Å². The molecule has 7 rings (SSSR count). The number of nitrogens with zero attached hydrogens (tertiary/aromatic N) is 5. The predicted molar refractivity (Wildman–Crippen MR) is 205 cm³/mol. The number of hydrogen-bond donors (Lipinski definition) is 2. The Balaban J connectivity index is 1.05. The van der Waals surface area contributed by atoms with Crippen LogP contribution in [-0.4, -0.2) is 113 Å². The van der Waals surface area contributed by atoms with Crippen molar-refractivity contribution in [3.8, 4) is 17.2 Å². The number of sulfonamides is 1. The van der Waals surface area contributed by atoms with E-state index >= 15 is 0 Å². The van der Waals surface area contributed by atoms with E-state index in [1.807, 2.05) is 12.1 Å². The minimum absolute atomic E-state index is 0.375. The van der Waals surface area contributed by atoms with Crippen LogP contribution in [0.5, 0.6) is 17.2 Å². The Bertz CT molecular complexity index is 1940. The molecule has 0 spiro atoms. The third-order valence-electron chi connectivity index (χ3n) is 10.5. The summed E-state index contributed by atoms with van der Waals surface area (Å²) in [5.41, 5.74) is 3.77. The Morgan fingerprint density at radius 3 is 2.37 bits per heavy atom. The quantitative estimate of drug-likeness (QED) is 0.264. The van der Waals surface area contributed by atoms with Gasteiger partial charge in [0.25, 0.3) is 0 Å². The Morgan fingerprint density at radius 1 is 1.02 bits per heavy atom. The molecule has 2 unspecified atom stereocenters. The molecule has 5 heterocycles. The van der Waals surface area contributed by atoms with Gasteiger partial charge in [-0.25, -0.2) is 17.7 Å². The molecular formula is C35H47BrN7O6PS. The number of hydrogen-bond acceptors (Lipinski definition) is 12. The highest BCUT2D eigenvalue weighted by atomic mass is 79.9. The molecule has 3 fully saturated rings. The van der Waals surface area contributed by atoms with Gasteiger partial charge >= 0.3 is 0 Å². The van der Waals surface area contributed by atoms with E-state index in [0.29, 0.717) is 88.7 Å². The largest absolute Gasteiger partial charge is 0.494 e. The minimum atomic E-state index is -3.12. The van der Waals surface area contributed by atoms with E-state index in [9.17, 15) is 13.0 Å². The van der Waals surface area contributed by atoms with Crippen molar-refractivity contribution in [3.05, 3.63) is 40.5 Å². The highest BCUT2D eigenvalue weighted by Crippen LogP contribution is 2.47. The van der Waals surface area contributed by atoms with E-state index in [0.717, 1.165) is 51.1 Å². The van der Waals surface area contributed by atoms with Crippen LogP contribution in [0.1, 0.15) is 25.3 Å². The second kappa shape index (κ2) is 14.4. The summed E-state index contributed by atoms with van der Waals surface area (Å²) >= 11 is 3.58. The summed E-state index contributed by atoms with van der Waals surface area (Å²) in [6, 6.07) is 8.41. The molecule has 3 saturated heterocycles. The number of ether oxygens (including phenoxy) is 3. The van der Waals surface area contributed by atoms with Crippen molar-refractivity contribution in [2.24, 2.45) is 11.8 Å². The summed E-state index contributed by atoms with van der Waals surface area (Å²) in [6.45, 7) is 11.6. The molecule has 13 nitrogen and oxygen atoms in total. The summed E-state index contributed by atoms with van der Waals surface area (Å²) in [5.74, 6) is 3.54. The van der Waals surface area contributed by atoms with Gasteiger partial charge in [-0.1, -0.05) is 6.92 Å². The zero-order chi connectivity index (χ0) is 36.1. The van der Waals surface area contributed by atoms with Gasteiger partial charge < -0.3 is 34.3 Å². The van der Waals surface area contributed by atoms with Gasteiger partial charge in [-0.05, 0) is 84.1 Å². The van der Waals surface area contributed by atoms with Crippen LogP contribution in [0.25, 0.3) is 0 Å². The number of methoxy groups -OCH3 is 1. The van der Waals surface area contributed by atoms with Crippen molar-refractivity contribution in [1.29, 1.82) is 0 Å². The third-order valence-corrected chi connectivity index (χ3v) is 13.9. The van der Waals surface area contributed by atoms with Crippen LogP contribution in [0.2, 0.25) is 0 Å². The lowest BCUT2D eigenvalue weighted by molar-refractivity contribution is 0.173. The van der Waals surface area contributed by atoms with Gasteiger partial charge in [0.2, 0.25) is 16.0 Å². The summed E-state index contributed by atoms with van der Waals surface area (Å²) in [5, 5.41) is 7.32. The fourth-order valence-corrected chi connectivity index (χ4v) is 10.6. The number of aromatic nitrogens is 2. The molecule has 1 aromatic heterocycles. The van der Waals surface area contributed by atoms with Crippen LogP contribution < -0.4 is 35.0 Å². The molecule has 4 aliphatic heterocycles. The van der Waals surface area contributed by atoms with Gasteiger partial charge in [0.1, 0.15) is 31.9 Å². The molecule has 0 radical (unpaired) electrons. The molecule has 3 aromatic rings. The topological polar surface area (TPSA) is 138 Å². The van der Waals surface area contributed by atoms with Gasteiger partial charge in [-0.3, -0.25) is 4.90 Å². The van der Waals surface area contributed by atoms with Crippen LogP contribution in [0.3, 0.4) is 0 Å². The Hall–Kier alpha value is -3.10. The molecule has 2 aromatic carbocycles. The van der Waals surface area contributed by atoms with Crippen molar-refractivity contribution in [3.63, 3.8) is 0 Å². The van der Waals surface area contributed by atoms with Crippen molar-refractivity contribution in [2.75, 3.05) is 94.7 Å². The lowest BCUT2D eigenvalue weighted by Gasteiger charge is -2.39. The van der Waals surface area contributed by atoms with Gasteiger partial charge in [0.15, 0.2) is 11.5 Å². The second-order valence-electron chi connectivity index (χ2n) is 14.3. The first-order valence-electron chi connectivity index (χ1n) is 17.5. The van der Waals surface area contributed by atoms with E-state index in [4.69, 9.17) is 19.2 Å². The first-order valence-corrected chi connectivity index (χ1v) is 22.8. The van der Waals surface area contributed by atoms with Crippen LogP contribution >= 0.6 is 23.1 Å². The van der Waals surface area contributed by atoms with Crippen molar-refractivity contribution in [1.82, 2.24) is 19.2 Å². The highest BCUT2D eigenvalue weighted by molar-refractivity contribution is 9.10. The molecule has 4 aliphatic rings. The average molecular weight is 805 g/mol. The van der Waals surface area contributed by atoms with E-state index in [1.165, 1.54) is 17.5 Å². The normalized spacial score (nSPS) is 21.5. The van der Waals surface area contributed by atoms with Crippen molar-refractivity contribution >= 4 is 67.2 Å². The standard InChI is InChI=1S/C35H47BrN7O6PS/c1-6-22-15-28(39-35-37-17-26(36)34(40-35)38-27-7-8-30-32(49-14-13-48-30)33(27)50(3,4)44)31(47-2)16-29(22)41-11-9-25(10-12-41)42-18-23-20-43(51(5,45)46)21-24(23)19-42/h7-8,15-17,23-25H,6,9-14,18-21H2,1-5H3,(H2,37,38,39,40). The maximum absolute atomic E-state index is 13.4. The number of aryl methyl sites for hydroxylation is 1. The van der Waals surface area contributed by atoms with Gasteiger partial charge in [-0.15, -0.1) is 0 Å². The lowest BCUT2D eigenvalue weighted by Crippen LogP contribution is -2.45. The second-order valence-corrected chi connectivity index (χ2v) is 20.3. The molecule has 276 valence electrons. The monoisotopic (exact) mass is 803 g/mol. The average Bonchev–Trinajstić information content (AvgIpc) is 3.70. The molecule has 0 amide bonds. The maximum atomic E-state index is 13.4. The zero-order valence-corrected chi connectivity index (χ0v) is 33.1. The van der Waals surface area contributed by atoms with Gasteiger partial charge in [-0.2, -0.15) is 4.98 Å². The van der Waals surface area contributed by atoms with Crippen molar-refractivity contribution in [2.45, 2.75) is 32.2 Å². The molecule has 2 atom stereocenters. The van der Waals surface area contributed by atoms with Crippen LogP contribution in [0.4, 0.5) is 28.8 Å². The smallest absolute Gasteiger partial charge is 0.229 e. The Kier molecular flexibility index (Phi) is 10.2. The number of benzene rings is 2. The SMILES string of the molecule is CCc1cc(Nc2ncc(Br)c(Nc3ccc4c(c3P(C)(C)=O)OCCO4)n2)c(OC)cc1N1CCC(N2CC3CN(S(C)(=O)=O)CC3C2)CC1. The van der Waals surface area contributed by atoms with Crippen LogP contribution in [0, 0.1) is 11.8 Å². The maximum Gasteiger partial charge on any atom is 0.229 e. The summed E-state index contributed by atoms with van der Waals surface area (Å²) in [4.78, 5) is 14.4. The minimum Gasteiger partial charge on any atom is -0.494 e. The van der Waals surface area contributed by atoms with Crippen molar-refractivity contribution < 1.29 is 27.2 Å². The van der Waals surface area contributed by atoms with Gasteiger partial charge in [0, 0.05) is 63.3 Å². The van der Waals surface area contributed by atoms with Crippen LogP contribution in [0.15, 0.2) is 34.9 Å². The lowest BCUT2D eigenvalue weighted by atomic mass is 10.00. The number of likely N-dealkylation sites (tertiary alicyclic amines) is 1. The summed E-state index contributed by atoms with van der Waals surface area (Å²) in [7, 11) is -4.22. The van der Waals surface area contributed by atoms with Crippen LogP contribution in [-0.2, 0) is 21.0 Å². The molecule has 51 heavy (non-hydrogen) atoms. The molecular weight excluding hydrogens is 757 g/mol. The number of fused-ring (bicyclic) bond motifs is 2.